The molecule has 1 aromatic heterocycles. The second kappa shape index (κ2) is 11.8. The number of carbonyl (C=O) groups is 2. The predicted molar refractivity (Wildman–Crippen MR) is 143 cm³/mol. The van der Waals surface area contributed by atoms with Gasteiger partial charge in [0.1, 0.15) is 0 Å². The molecule has 7 nitrogen and oxygen atoms in total. The van der Waals surface area contributed by atoms with Gasteiger partial charge in [-0.25, -0.2) is 0 Å². The van der Waals surface area contributed by atoms with E-state index in [1.54, 1.807) is 48.4 Å². The van der Waals surface area contributed by atoms with E-state index in [1.165, 1.54) is 18.4 Å². The minimum absolute atomic E-state index is 0.136. The van der Waals surface area contributed by atoms with Crippen LogP contribution in [0.2, 0.25) is 5.02 Å². The lowest BCUT2D eigenvalue weighted by molar-refractivity contribution is 0.0583. The maximum absolute atomic E-state index is 13.9. The zero-order valence-corrected chi connectivity index (χ0v) is 21.9. The van der Waals surface area contributed by atoms with Crippen LogP contribution in [-0.4, -0.2) is 43.0 Å². The third kappa shape index (κ3) is 5.83. The number of amides is 2. The quantitative estimate of drug-likeness (QED) is 0.398. The summed E-state index contributed by atoms with van der Waals surface area (Å²) in [7, 11) is 3.09. The van der Waals surface area contributed by atoms with E-state index in [0.29, 0.717) is 32.6 Å². The Morgan fingerprint density at radius 3 is 2.56 bits per heavy atom. The summed E-state index contributed by atoms with van der Waals surface area (Å²) in [6.45, 7) is 0.257. The minimum atomic E-state index is -0.189. The number of thiophene rings is 1. The standard InChI is InChI=1S/C27H30ClN3O4S/c1-34-23-12-9-17(15-24(23)35-2)27(33)31(22-7-4-3-6-21(22)29)16-18-14-19(10-11-20(18)28)30-26(32)25-8-5-13-36-25/h5,8-15,21-22H,3-4,6-7,16,29H2,1-2H3,(H,30,32). The minimum Gasteiger partial charge on any atom is -0.493 e. The molecule has 0 spiro atoms. The number of nitrogens with one attached hydrogen (secondary N) is 1. The van der Waals surface area contributed by atoms with E-state index in [9.17, 15) is 9.59 Å². The number of nitrogens with zero attached hydrogens (tertiary/aromatic N) is 1. The number of hydrogen-bond donors (Lipinski definition) is 2. The molecule has 2 amide bonds. The summed E-state index contributed by atoms with van der Waals surface area (Å²) >= 11 is 7.94. The monoisotopic (exact) mass is 527 g/mol. The summed E-state index contributed by atoms with van der Waals surface area (Å²) in [5.41, 5.74) is 8.33. The van der Waals surface area contributed by atoms with E-state index in [0.717, 1.165) is 31.2 Å². The molecule has 3 aromatic rings. The van der Waals surface area contributed by atoms with Crippen LogP contribution in [0, 0.1) is 0 Å². The van der Waals surface area contributed by atoms with Gasteiger partial charge in [-0.1, -0.05) is 30.5 Å². The highest BCUT2D eigenvalue weighted by molar-refractivity contribution is 7.12. The highest BCUT2D eigenvalue weighted by Crippen LogP contribution is 2.32. The van der Waals surface area contributed by atoms with Crippen molar-refractivity contribution in [3.8, 4) is 11.5 Å². The first-order valence-corrected chi connectivity index (χ1v) is 13.1. The van der Waals surface area contributed by atoms with Crippen molar-refractivity contribution in [2.75, 3.05) is 19.5 Å². The summed E-state index contributed by atoms with van der Waals surface area (Å²) in [6, 6.07) is 13.8. The van der Waals surface area contributed by atoms with Crippen LogP contribution >= 0.6 is 22.9 Å². The number of methoxy groups -OCH3 is 2. The average molecular weight is 528 g/mol. The van der Waals surface area contributed by atoms with Crippen LogP contribution in [0.15, 0.2) is 53.9 Å². The lowest BCUT2D eigenvalue weighted by Crippen LogP contribution is -2.51. The molecular weight excluding hydrogens is 498 g/mol. The van der Waals surface area contributed by atoms with Crippen LogP contribution in [0.5, 0.6) is 11.5 Å². The fourth-order valence-electron chi connectivity index (χ4n) is 4.56. The molecule has 4 rings (SSSR count). The summed E-state index contributed by atoms with van der Waals surface area (Å²) in [5, 5.41) is 5.28. The lowest BCUT2D eigenvalue weighted by Gasteiger charge is -2.39. The van der Waals surface area contributed by atoms with Gasteiger partial charge < -0.3 is 25.4 Å². The molecule has 1 heterocycles. The molecule has 0 radical (unpaired) electrons. The summed E-state index contributed by atoms with van der Waals surface area (Å²) in [5.74, 6) is 0.674. The van der Waals surface area contributed by atoms with Crippen LogP contribution < -0.4 is 20.5 Å². The van der Waals surface area contributed by atoms with Gasteiger partial charge in [0.25, 0.3) is 11.8 Å². The molecule has 9 heteroatoms. The Morgan fingerprint density at radius 2 is 1.86 bits per heavy atom. The Balaban J connectivity index is 1.64. The second-order valence-electron chi connectivity index (χ2n) is 8.76. The Kier molecular flexibility index (Phi) is 8.51. The molecule has 0 aliphatic heterocycles. The van der Waals surface area contributed by atoms with Crippen molar-refractivity contribution in [1.29, 1.82) is 0 Å². The van der Waals surface area contributed by atoms with E-state index >= 15 is 0 Å². The maximum Gasteiger partial charge on any atom is 0.265 e. The van der Waals surface area contributed by atoms with Crippen molar-refractivity contribution in [3.05, 3.63) is 74.9 Å². The Hall–Kier alpha value is -3.07. The molecule has 1 aliphatic carbocycles. The number of rotatable bonds is 8. The van der Waals surface area contributed by atoms with Gasteiger partial charge in [0.15, 0.2) is 11.5 Å². The Labute approximate surface area is 220 Å². The molecule has 190 valence electrons. The Bertz CT molecular complexity index is 1220. The van der Waals surface area contributed by atoms with Gasteiger partial charge in [0.2, 0.25) is 0 Å². The van der Waals surface area contributed by atoms with Crippen LogP contribution in [0.25, 0.3) is 0 Å². The normalized spacial score (nSPS) is 17.3. The maximum atomic E-state index is 13.9. The number of nitrogens with two attached hydrogens (primary N) is 1. The SMILES string of the molecule is COc1ccc(C(=O)N(Cc2cc(NC(=O)c3cccs3)ccc2Cl)C2CCCCC2N)cc1OC. The lowest BCUT2D eigenvalue weighted by atomic mass is 9.89. The van der Waals surface area contributed by atoms with Crippen LogP contribution in [-0.2, 0) is 6.54 Å². The van der Waals surface area contributed by atoms with E-state index in [-0.39, 0.29) is 30.4 Å². The van der Waals surface area contributed by atoms with E-state index in [2.05, 4.69) is 5.32 Å². The molecule has 2 aromatic carbocycles. The third-order valence-corrected chi connectivity index (χ3v) is 7.70. The smallest absolute Gasteiger partial charge is 0.265 e. The molecule has 0 bridgehead atoms. The van der Waals surface area contributed by atoms with Gasteiger partial charge >= 0.3 is 0 Å². The highest BCUT2D eigenvalue weighted by Gasteiger charge is 2.32. The van der Waals surface area contributed by atoms with Gasteiger partial charge in [-0.2, -0.15) is 0 Å². The molecule has 1 saturated carbocycles. The molecule has 3 N–H and O–H groups in total. The summed E-state index contributed by atoms with van der Waals surface area (Å²) in [4.78, 5) is 28.8. The first kappa shape index (κ1) is 26.0. The van der Waals surface area contributed by atoms with Crippen LogP contribution in [0.4, 0.5) is 5.69 Å². The summed E-state index contributed by atoms with van der Waals surface area (Å²) < 4.78 is 10.7. The molecule has 0 saturated heterocycles. The fourth-order valence-corrected chi connectivity index (χ4v) is 5.36. The van der Waals surface area contributed by atoms with Crippen molar-refractivity contribution in [1.82, 2.24) is 4.90 Å². The molecular formula is C27H30ClN3O4S. The number of halogens is 1. The first-order chi connectivity index (χ1) is 17.4. The molecule has 2 unspecified atom stereocenters. The van der Waals surface area contributed by atoms with Crippen molar-refractivity contribution in [2.24, 2.45) is 5.73 Å². The number of hydrogen-bond acceptors (Lipinski definition) is 6. The fraction of sp³-hybridized carbons (Fsp3) is 0.333. The van der Waals surface area contributed by atoms with E-state index in [4.69, 9.17) is 26.8 Å². The van der Waals surface area contributed by atoms with E-state index < -0.39 is 0 Å². The van der Waals surface area contributed by atoms with Crippen molar-refractivity contribution >= 4 is 40.4 Å². The van der Waals surface area contributed by atoms with Crippen molar-refractivity contribution in [3.63, 3.8) is 0 Å². The number of benzene rings is 2. The van der Waals surface area contributed by atoms with Crippen molar-refractivity contribution in [2.45, 2.75) is 44.3 Å². The topological polar surface area (TPSA) is 93.9 Å². The number of carbonyl (C=O) groups excluding carboxylic acids is 2. The zero-order valence-electron chi connectivity index (χ0n) is 20.3. The average Bonchev–Trinajstić information content (AvgIpc) is 3.44. The third-order valence-electron chi connectivity index (χ3n) is 6.46. The zero-order chi connectivity index (χ0) is 25.7. The van der Waals surface area contributed by atoms with Gasteiger partial charge in [-0.15, -0.1) is 11.3 Å². The van der Waals surface area contributed by atoms with Gasteiger partial charge in [-0.05, 0) is 66.2 Å². The molecule has 1 aliphatic rings. The number of ether oxygens (including phenoxy) is 2. The number of anilines is 1. The van der Waals surface area contributed by atoms with Crippen LogP contribution in [0.3, 0.4) is 0 Å². The Morgan fingerprint density at radius 1 is 1.08 bits per heavy atom. The van der Waals surface area contributed by atoms with E-state index in [1.807, 2.05) is 17.5 Å². The molecule has 1 fully saturated rings. The van der Waals surface area contributed by atoms with Gasteiger partial charge in [-0.3, -0.25) is 9.59 Å². The molecule has 36 heavy (non-hydrogen) atoms. The van der Waals surface area contributed by atoms with Crippen molar-refractivity contribution < 1.29 is 19.1 Å². The second-order valence-corrected chi connectivity index (χ2v) is 10.1. The largest absolute Gasteiger partial charge is 0.493 e. The molecule has 2 atom stereocenters. The van der Waals surface area contributed by atoms with Gasteiger partial charge in [0.05, 0.1) is 19.1 Å². The van der Waals surface area contributed by atoms with Gasteiger partial charge in [0, 0.05) is 34.9 Å². The highest BCUT2D eigenvalue weighted by atomic mass is 35.5. The predicted octanol–water partition coefficient (Wildman–Crippen LogP) is 5.58. The van der Waals surface area contributed by atoms with Crippen LogP contribution in [0.1, 0.15) is 51.3 Å². The first-order valence-electron chi connectivity index (χ1n) is 11.8. The summed E-state index contributed by atoms with van der Waals surface area (Å²) in [6.07, 6.45) is 3.71.